The van der Waals surface area contributed by atoms with Gasteiger partial charge in [-0.05, 0) is 56.3 Å². The van der Waals surface area contributed by atoms with Crippen molar-refractivity contribution < 1.29 is 36.5 Å². The molecule has 160 valence electrons. The van der Waals surface area contributed by atoms with E-state index in [1.807, 2.05) is 0 Å². The lowest BCUT2D eigenvalue weighted by atomic mass is 10.1. The largest absolute Gasteiger partial charge is 0.462 e. The minimum Gasteiger partial charge on any atom is -0.462 e. The van der Waals surface area contributed by atoms with Gasteiger partial charge in [0.2, 0.25) is 0 Å². The molecule has 0 saturated heterocycles. The van der Waals surface area contributed by atoms with Crippen LogP contribution < -0.4 is 9.50 Å². The van der Waals surface area contributed by atoms with E-state index in [1.54, 1.807) is 13.8 Å². The number of esters is 2. The second kappa shape index (κ2) is 9.88. The Morgan fingerprint density at radius 3 is 1.77 bits per heavy atom. The Hall–Kier alpha value is -3.40. The lowest BCUT2D eigenvalue weighted by Gasteiger charge is -2.11. The van der Waals surface area contributed by atoms with Gasteiger partial charge in [-0.2, -0.15) is 8.42 Å². The van der Waals surface area contributed by atoms with Crippen LogP contribution in [0.25, 0.3) is 0 Å². The van der Waals surface area contributed by atoms with Crippen LogP contribution in [-0.2, 0) is 19.6 Å². The predicted octanol–water partition coefficient (Wildman–Crippen LogP) is 2.17. The van der Waals surface area contributed by atoms with Gasteiger partial charge in [-0.1, -0.05) is 0 Å². The van der Waals surface area contributed by atoms with Gasteiger partial charge in [-0.15, -0.1) is 0 Å². The van der Waals surface area contributed by atoms with Crippen molar-refractivity contribution in [2.24, 2.45) is 0 Å². The maximum Gasteiger partial charge on any atom is 0.339 e. The van der Waals surface area contributed by atoms with Crippen LogP contribution in [0.2, 0.25) is 0 Å². The van der Waals surface area contributed by atoms with Gasteiger partial charge in [-0.25, -0.2) is 9.59 Å². The first-order valence-electron chi connectivity index (χ1n) is 8.97. The molecule has 0 saturated carbocycles. The van der Waals surface area contributed by atoms with Crippen LogP contribution in [0.4, 0.5) is 0 Å². The summed E-state index contributed by atoms with van der Waals surface area (Å²) in [4.78, 5) is 35.5. The van der Waals surface area contributed by atoms with Crippen LogP contribution in [-0.4, -0.2) is 46.5 Å². The van der Waals surface area contributed by atoms with E-state index in [9.17, 15) is 22.8 Å². The van der Waals surface area contributed by atoms with E-state index in [1.165, 1.54) is 37.4 Å². The third kappa shape index (κ3) is 5.57. The van der Waals surface area contributed by atoms with Crippen LogP contribution in [0.3, 0.4) is 0 Å². The normalized spacial score (nSPS) is 10.8. The summed E-state index contributed by atoms with van der Waals surface area (Å²) in [6, 6.07) is 8.60. The number of carbonyl (C=O) groups is 3. The van der Waals surface area contributed by atoms with Crippen molar-refractivity contribution >= 4 is 28.0 Å². The number of hydrogen-bond acceptors (Lipinski definition) is 8. The first-order chi connectivity index (χ1) is 14.2. The Labute approximate surface area is 174 Å². The van der Waals surface area contributed by atoms with E-state index in [2.05, 4.69) is 5.32 Å². The van der Waals surface area contributed by atoms with Gasteiger partial charge in [0, 0.05) is 12.6 Å². The molecule has 0 aromatic heterocycles. The highest BCUT2D eigenvalue weighted by Crippen LogP contribution is 2.23. The first-order valence-corrected chi connectivity index (χ1v) is 10.4. The Morgan fingerprint density at radius 1 is 0.833 bits per heavy atom. The summed E-state index contributed by atoms with van der Waals surface area (Å²) in [5, 5.41) is 2.43. The molecule has 2 aromatic rings. The van der Waals surface area contributed by atoms with Crippen LogP contribution >= 0.6 is 0 Å². The maximum absolute atomic E-state index is 12.6. The minimum absolute atomic E-state index is 0.0671. The van der Waals surface area contributed by atoms with Crippen LogP contribution in [0.5, 0.6) is 5.75 Å². The second-order valence-electron chi connectivity index (χ2n) is 5.83. The highest BCUT2D eigenvalue weighted by atomic mass is 32.2. The summed E-state index contributed by atoms with van der Waals surface area (Å²) in [6.45, 7) is 3.40. The zero-order chi connectivity index (χ0) is 22.3. The quantitative estimate of drug-likeness (QED) is 0.494. The fourth-order valence-corrected chi connectivity index (χ4v) is 3.32. The van der Waals surface area contributed by atoms with Crippen LogP contribution in [0.1, 0.15) is 44.9 Å². The molecule has 0 fully saturated rings. The van der Waals surface area contributed by atoms with Crippen molar-refractivity contribution in [3.63, 3.8) is 0 Å². The van der Waals surface area contributed by atoms with E-state index in [-0.39, 0.29) is 46.5 Å². The third-order valence-electron chi connectivity index (χ3n) is 3.77. The molecule has 9 nitrogen and oxygen atoms in total. The van der Waals surface area contributed by atoms with Crippen molar-refractivity contribution in [3.05, 3.63) is 59.2 Å². The molecule has 10 heteroatoms. The molecular weight excluding hydrogens is 414 g/mol. The summed E-state index contributed by atoms with van der Waals surface area (Å²) in [6.07, 6.45) is 0. The average molecular weight is 435 g/mol. The fourth-order valence-electron chi connectivity index (χ4n) is 2.40. The van der Waals surface area contributed by atoms with Crippen molar-refractivity contribution in [1.29, 1.82) is 0 Å². The van der Waals surface area contributed by atoms with E-state index >= 15 is 0 Å². The van der Waals surface area contributed by atoms with Crippen molar-refractivity contribution in [3.8, 4) is 5.75 Å². The molecule has 0 spiro atoms. The smallest absolute Gasteiger partial charge is 0.339 e. The molecule has 1 N–H and O–H groups in total. The van der Waals surface area contributed by atoms with Gasteiger partial charge in [0.25, 0.3) is 5.91 Å². The molecule has 0 aliphatic heterocycles. The summed E-state index contributed by atoms with van der Waals surface area (Å²) < 4.78 is 40.1. The number of carbonyl (C=O) groups excluding carboxylic acids is 3. The Morgan fingerprint density at radius 2 is 1.33 bits per heavy atom. The number of amides is 1. The molecule has 0 radical (unpaired) electrons. The standard InChI is InChI=1S/C20H21NO8S/c1-4-27-19(23)14-10-15(20(24)28-5-2)12-16(11-14)29-30(25,26)17-8-6-13(7-9-17)18(22)21-3/h6-12H,4-5H2,1-3H3,(H,21,22). The summed E-state index contributed by atoms with van der Waals surface area (Å²) in [7, 11) is -2.86. The minimum atomic E-state index is -4.31. The highest BCUT2D eigenvalue weighted by molar-refractivity contribution is 7.87. The SMILES string of the molecule is CCOC(=O)c1cc(OS(=O)(=O)c2ccc(C(=O)NC)cc2)cc(C(=O)OCC)c1. The Balaban J connectivity index is 2.40. The molecule has 0 bridgehead atoms. The number of hydrogen-bond donors (Lipinski definition) is 1. The van der Waals surface area contributed by atoms with E-state index in [0.717, 1.165) is 12.1 Å². The summed E-state index contributed by atoms with van der Waals surface area (Å²) in [5.41, 5.74) is 0.135. The van der Waals surface area contributed by atoms with Crippen molar-refractivity contribution in [1.82, 2.24) is 5.32 Å². The molecule has 0 atom stereocenters. The van der Waals surface area contributed by atoms with Crippen LogP contribution in [0.15, 0.2) is 47.4 Å². The molecule has 0 heterocycles. The lowest BCUT2D eigenvalue weighted by molar-refractivity contribution is 0.0524. The van der Waals surface area contributed by atoms with Crippen LogP contribution in [0, 0.1) is 0 Å². The first kappa shape index (κ1) is 22.9. The molecule has 1 amide bonds. The molecule has 2 aromatic carbocycles. The van der Waals surface area contributed by atoms with Crippen molar-refractivity contribution in [2.45, 2.75) is 18.7 Å². The number of rotatable bonds is 8. The number of ether oxygens (including phenoxy) is 2. The highest BCUT2D eigenvalue weighted by Gasteiger charge is 2.21. The van der Waals surface area contributed by atoms with Crippen molar-refractivity contribution in [2.75, 3.05) is 20.3 Å². The number of benzene rings is 2. The Kier molecular flexibility index (Phi) is 7.54. The lowest BCUT2D eigenvalue weighted by Crippen LogP contribution is -2.18. The molecular formula is C20H21NO8S. The molecule has 30 heavy (non-hydrogen) atoms. The van der Waals surface area contributed by atoms with E-state index in [0.29, 0.717) is 0 Å². The summed E-state index contributed by atoms with van der Waals surface area (Å²) >= 11 is 0. The molecule has 0 aliphatic rings. The van der Waals surface area contributed by atoms with Gasteiger partial charge in [0.1, 0.15) is 10.6 Å². The third-order valence-corrected chi connectivity index (χ3v) is 5.03. The van der Waals surface area contributed by atoms with Gasteiger partial charge in [0.05, 0.1) is 24.3 Å². The monoisotopic (exact) mass is 435 g/mol. The van der Waals surface area contributed by atoms with E-state index < -0.39 is 22.1 Å². The number of nitrogens with one attached hydrogen (secondary N) is 1. The van der Waals surface area contributed by atoms with Gasteiger partial charge in [0.15, 0.2) is 0 Å². The average Bonchev–Trinajstić information content (AvgIpc) is 2.73. The van der Waals surface area contributed by atoms with Gasteiger partial charge in [-0.3, -0.25) is 4.79 Å². The van der Waals surface area contributed by atoms with Gasteiger partial charge >= 0.3 is 22.1 Å². The van der Waals surface area contributed by atoms with Gasteiger partial charge < -0.3 is 19.0 Å². The zero-order valence-electron chi connectivity index (χ0n) is 16.6. The predicted molar refractivity (Wildman–Crippen MR) is 106 cm³/mol. The fraction of sp³-hybridized carbons (Fsp3) is 0.250. The molecule has 0 unspecified atom stereocenters. The molecule has 0 aliphatic carbocycles. The van der Waals surface area contributed by atoms with E-state index in [4.69, 9.17) is 13.7 Å². The Bertz CT molecular complexity index is 1010. The zero-order valence-corrected chi connectivity index (χ0v) is 17.4. The summed E-state index contributed by atoms with van der Waals surface area (Å²) in [5.74, 6) is -2.14. The maximum atomic E-state index is 12.6. The second-order valence-corrected chi connectivity index (χ2v) is 7.37. The topological polar surface area (TPSA) is 125 Å². The molecule has 2 rings (SSSR count).